The van der Waals surface area contributed by atoms with Crippen LogP contribution in [0.4, 0.5) is 5.69 Å². The van der Waals surface area contributed by atoms with Gasteiger partial charge in [-0.05, 0) is 30.0 Å². The van der Waals surface area contributed by atoms with Gasteiger partial charge in [0.25, 0.3) is 11.8 Å². The molecule has 0 fully saturated rings. The number of hydrogen-bond donors (Lipinski definition) is 3. The number of aliphatic carboxylic acids is 1. The van der Waals surface area contributed by atoms with Crippen LogP contribution in [0.3, 0.4) is 0 Å². The molecule has 2 rings (SSSR count). The van der Waals surface area contributed by atoms with Crippen molar-refractivity contribution in [2.75, 3.05) is 5.32 Å². The SMILES string of the molecule is CCCC[C@H](NC(=O)c1sccc1NC(=O)c1ccncc1)C(=O)O. The van der Waals surface area contributed by atoms with Crippen molar-refractivity contribution in [3.8, 4) is 0 Å². The Morgan fingerprint density at radius 1 is 1.20 bits per heavy atom. The molecule has 0 spiro atoms. The Kier molecular flexibility index (Phi) is 6.64. The molecule has 0 aliphatic rings. The summed E-state index contributed by atoms with van der Waals surface area (Å²) in [6, 6.07) is 3.79. The van der Waals surface area contributed by atoms with Gasteiger partial charge in [-0.15, -0.1) is 11.3 Å². The summed E-state index contributed by atoms with van der Waals surface area (Å²) in [6.07, 6.45) is 4.91. The maximum atomic E-state index is 12.4. The molecule has 2 aromatic heterocycles. The second-order valence-electron chi connectivity index (χ2n) is 5.36. The predicted molar refractivity (Wildman–Crippen MR) is 94.9 cm³/mol. The smallest absolute Gasteiger partial charge is 0.326 e. The van der Waals surface area contributed by atoms with Crippen LogP contribution >= 0.6 is 11.3 Å². The van der Waals surface area contributed by atoms with E-state index in [1.54, 1.807) is 23.6 Å². The monoisotopic (exact) mass is 361 g/mol. The summed E-state index contributed by atoms with van der Waals surface area (Å²) in [4.78, 5) is 40.0. The lowest BCUT2D eigenvalue weighted by Gasteiger charge is -2.14. The molecule has 0 radical (unpaired) electrons. The number of anilines is 1. The van der Waals surface area contributed by atoms with E-state index in [1.165, 1.54) is 12.4 Å². The Bertz CT molecular complexity index is 745. The zero-order valence-electron chi connectivity index (χ0n) is 13.7. The molecule has 2 amide bonds. The molecule has 2 heterocycles. The van der Waals surface area contributed by atoms with E-state index in [9.17, 15) is 19.5 Å². The molecule has 0 aliphatic carbocycles. The molecule has 0 saturated carbocycles. The van der Waals surface area contributed by atoms with Crippen molar-refractivity contribution in [1.82, 2.24) is 10.3 Å². The Morgan fingerprint density at radius 3 is 2.56 bits per heavy atom. The number of aromatic nitrogens is 1. The van der Waals surface area contributed by atoms with Gasteiger partial charge in [-0.25, -0.2) is 4.79 Å². The summed E-state index contributed by atoms with van der Waals surface area (Å²) in [6.45, 7) is 1.95. The van der Waals surface area contributed by atoms with Crippen LogP contribution in [0.2, 0.25) is 0 Å². The minimum absolute atomic E-state index is 0.269. The summed E-state index contributed by atoms with van der Waals surface area (Å²) < 4.78 is 0. The summed E-state index contributed by atoms with van der Waals surface area (Å²) in [5.74, 6) is -1.94. The van der Waals surface area contributed by atoms with Gasteiger partial charge in [0.1, 0.15) is 10.9 Å². The van der Waals surface area contributed by atoms with Crippen LogP contribution in [0.25, 0.3) is 0 Å². The van der Waals surface area contributed by atoms with E-state index in [0.717, 1.165) is 17.8 Å². The molecule has 1 atom stereocenters. The third-order valence-corrected chi connectivity index (χ3v) is 4.43. The van der Waals surface area contributed by atoms with Gasteiger partial charge >= 0.3 is 5.97 Å². The van der Waals surface area contributed by atoms with Crippen LogP contribution < -0.4 is 10.6 Å². The van der Waals surface area contributed by atoms with Crippen LogP contribution in [0.15, 0.2) is 36.0 Å². The number of carboxylic acids is 1. The van der Waals surface area contributed by atoms with E-state index >= 15 is 0 Å². The van der Waals surface area contributed by atoms with E-state index in [4.69, 9.17) is 0 Å². The zero-order valence-corrected chi connectivity index (χ0v) is 14.5. The van der Waals surface area contributed by atoms with E-state index in [0.29, 0.717) is 24.1 Å². The fourth-order valence-corrected chi connectivity index (χ4v) is 2.92. The largest absolute Gasteiger partial charge is 0.480 e. The zero-order chi connectivity index (χ0) is 18.2. The number of rotatable bonds is 8. The van der Waals surface area contributed by atoms with Crippen LogP contribution in [-0.2, 0) is 4.79 Å². The summed E-state index contributed by atoms with van der Waals surface area (Å²) in [7, 11) is 0. The molecule has 132 valence electrons. The van der Waals surface area contributed by atoms with Crippen molar-refractivity contribution in [3.05, 3.63) is 46.4 Å². The normalized spacial score (nSPS) is 11.6. The standard InChI is InChI=1S/C17H19N3O4S/c1-2-3-4-13(17(23)24)20-16(22)14-12(7-10-25-14)19-15(21)11-5-8-18-9-6-11/h5-10,13H,2-4H2,1H3,(H,19,21)(H,20,22)(H,23,24)/t13-/m0/s1. The first kappa shape index (κ1) is 18.6. The number of carbonyl (C=O) groups is 3. The minimum atomic E-state index is -1.07. The molecule has 0 aliphatic heterocycles. The molecule has 2 aromatic rings. The van der Waals surface area contributed by atoms with Crippen molar-refractivity contribution >= 4 is 34.8 Å². The molecule has 0 aromatic carbocycles. The highest BCUT2D eigenvalue weighted by Gasteiger charge is 2.23. The Morgan fingerprint density at radius 2 is 1.92 bits per heavy atom. The number of carbonyl (C=O) groups excluding carboxylic acids is 2. The molecule has 3 N–H and O–H groups in total. The second kappa shape index (κ2) is 8.93. The highest BCUT2D eigenvalue weighted by Crippen LogP contribution is 2.23. The molecule has 0 bridgehead atoms. The number of thiophene rings is 1. The molecule has 25 heavy (non-hydrogen) atoms. The Balaban J connectivity index is 2.08. The minimum Gasteiger partial charge on any atom is -0.480 e. The average Bonchev–Trinajstić information content (AvgIpc) is 3.07. The number of carboxylic acid groups (broad SMARTS) is 1. The molecule has 7 nitrogen and oxygen atoms in total. The Labute approximate surface area is 149 Å². The number of pyridine rings is 1. The first-order valence-corrected chi connectivity index (χ1v) is 8.73. The van der Waals surface area contributed by atoms with Crippen molar-refractivity contribution < 1.29 is 19.5 Å². The van der Waals surface area contributed by atoms with Gasteiger partial charge in [0, 0.05) is 18.0 Å². The van der Waals surface area contributed by atoms with Gasteiger partial charge in [-0.1, -0.05) is 19.8 Å². The van der Waals surface area contributed by atoms with Gasteiger partial charge in [0.2, 0.25) is 0 Å². The van der Waals surface area contributed by atoms with Crippen molar-refractivity contribution in [1.29, 1.82) is 0 Å². The molecule has 8 heteroatoms. The lowest BCUT2D eigenvalue weighted by molar-refractivity contribution is -0.139. The molecule has 0 saturated heterocycles. The highest BCUT2D eigenvalue weighted by atomic mass is 32.1. The van der Waals surface area contributed by atoms with Crippen LogP contribution in [0, 0.1) is 0 Å². The van der Waals surface area contributed by atoms with Gasteiger partial charge in [0.05, 0.1) is 5.69 Å². The number of nitrogens with one attached hydrogen (secondary N) is 2. The molecular weight excluding hydrogens is 342 g/mol. The third kappa shape index (κ3) is 5.12. The quantitative estimate of drug-likeness (QED) is 0.670. The van der Waals surface area contributed by atoms with Crippen molar-refractivity contribution in [2.24, 2.45) is 0 Å². The fourth-order valence-electron chi connectivity index (χ4n) is 2.17. The maximum Gasteiger partial charge on any atom is 0.326 e. The van der Waals surface area contributed by atoms with Crippen LogP contribution in [0.5, 0.6) is 0 Å². The molecule has 0 unspecified atom stereocenters. The van der Waals surface area contributed by atoms with Gasteiger partial charge in [-0.3, -0.25) is 14.6 Å². The van der Waals surface area contributed by atoms with Crippen LogP contribution in [-0.4, -0.2) is 33.9 Å². The maximum absolute atomic E-state index is 12.4. The van der Waals surface area contributed by atoms with Crippen molar-refractivity contribution in [3.63, 3.8) is 0 Å². The lowest BCUT2D eigenvalue weighted by Crippen LogP contribution is -2.40. The summed E-state index contributed by atoms with van der Waals surface area (Å²) >= 11 is 1.14. The topological polar surface area (TPSA) is 108 Å². The summed E-state index contributed by atoms with van der Waals surface area (Å²) in [5, 5.41) is 16.1. The predicted octanol–water partition coefficient (Wildman–Crippen LogP) is 2.77. The van der Waals surface area contributed by atoms with E-state index in [-0.39, 0.29) is 10.8 Å². The molecular formula is C17H19N3O4S. The number of amides is 2. The average molecular weight is 361 g/mol. The van der Waals surface area contributed by atoms with Crippen LogP contribution in [0.1, 0.15) is 46.2 Å². The third-order valence-electron chi connectivity index (χ3n) is 3.51. The second-order valence-corrected chi connectivity index (χ2v) is 6.28. The van der Waals surface area contributed by atoms with E-state index < -0.39 is 17.9 Å². The Hall–Kier alpha value is -2.74. The summed E-state index contributed by atoms with van der Waals surface area (Å²) in [5.41, 5.74) is 0.767. The highest BCUT2D eigenvalue weighted by molar-refractivity contribution is 7.12. The number of hydrogen-bond acceptors (Lipinski definition) is 5. The first-order valence-electron chi connectivity index (χ1n) is 7.85. The fraction of sp³-hybridized carbons (Fsp3) is 0.294. The van der Waals surface area contributed by atoms with Crippen molar-refractivity contribution in [2.45, 2.75) is 32.2 Å². The number of nitrogens with zero attached hydrogens (tertiary/aromatic N) is 1. The number of unbranched alkanes of at least 4 members (excludes halogenated alkanes) is 1. The van der Waals surface area contributed by atoms with E-state index in [2.05, 4.69) is 15.6 Å². The first-order chi connectivity index (χ1) is 12.0. The van der Waals surface area contributed by atoms with Gasteiger partial charge < -0.3 is 15.7 Å². The van der Waals surface area contributed by atoms with Gasteiger partial charge in [-0.2, -0.15) is 0 Å². The van der Waals surface area contributed by atoms with Gasteiger partial charge in [0.15, 0.2) is 0 Å². The van der Waals surface area contributed by atoms with E-state index in [1.807, 2.05) is 6.92 Å². The lowest BCUT2D eigenvalue weighted by atomic mass is 10.1.